The molecule has 2 saturated carbocycles. The van der Waals surface area contributed by atoms with Gasteiger partial charge >= 0.3 is 0 Å². The average molecular weight is 370 g/mol. The Labute approximate surface area is 140 Å². The molecule has 4 heteroatoms. The lowest BCUT2D eigenvalue weighted by Crippen LogP contribution is -2.38. The van der Waals surface area contributed by atoms with Crippen LogP contribution in [-0.2, 0) is 11.3 Å². The van der Waals surface area contributed by atoms with E-state index in [2.05, 4.69) is 27.4 Å². The molecular weight excluding hydrogens is 346 g/mol. The van der Waals surface area contributed by atoms with E-state index in [1.54, 1.807) is 11.3 Å². The maximum Gasteiger partial charge on any atom is 0.225 e. The van der Waals surface area contributed by atoms with Crippen LogP contribution in [0.5, 0.6) is 0 Å². The van der Waals surface area contributed by atoms with E-state index in [0.717, 1.165) is 35.0 Å². The van der Waals surface area contributed by atoms with Gasteiger partial charge < -0.3 is 4.90 Å². The van der Waals surface area contributed by atoms with Crippen LogP contribution in [0.25, 0.3) is 0 Å². The van der Waals surface area contributed by atoms with Crippen LogP contribution in [-0.4, -0.2) is 17.9 Å². The molecule has 0 aliphatic heterocycles. The van der Waals surface area contributed by atoms with Crippen LogP contribution in [0.4, 0.5) is 0 Å². The van der Waals surface area contributed by atoms with Crippen LogP contribution >= 0.6 is 27.3 Å². The highest BCUT2D eigenvalue weighted by molar-refractivity contribution is 9.11. The molecule has 3 rings (SSSR count). The summed E-state index contributed by atoms with van der Waals surface area (Å²) in [5.74, 6) is 2.38. The first-order chi connectivity index (χ1) is 10.1. The Morgan fingerprint density at radius 3 is 2.76 bits per heavy atom. The third-order valence-corrected chi connectivity index (χ3v) is 6.86. The first-order valence-electron chi connectivity index (χ1n) is 8.11. The molecule has 21 heavy (non-hydrogen) atoms. The van der Waals surface area contributed by atoms with Crippen molar-refractivity contribution in [1.82, 2.24) is 4.90 Å². The number of halogens is 1. The number of carbonyl (C=O) groups excluding carboxylic acids is 1. The lowest BCUT2D eigenvalue weighted by atomic mass is 9.67. The Hall–Kier alpha value is -0.350. The minimum Gasteiger partial charge on any atom is -0.341 e. The van der Waals surface area contributed by atoms with Crippen LogP contribution < -0.4 is 0 Å². The first-order valence-corrected chi connectivity index (χ1v) is 9.78. The van der Waals surface area contributed by atoms with E-state index in [1.165, 1.54) is 37.7 Å². The Bertz CT molecular complexity index is 501. The summed E-state index contributed by atoms with van der Waals surface area (Å²) in [4.78, 5) is 14.6. The quantitative estimate of drug-likeness (QED) is 0.727. The standard InChI is InChI=1S/C17H24BrNOS/c1-19(10-12-8-16(18)21-11-12)17(20)15-7-6-13-4-2-3-5-14(13)9-15/h8,11,13-15H,2-7,9-10H2,1H3. The highest BCUT2D eigenvalue weighted by Gasteiger charge is 2.35. The van der Waals surface area contributed by atoms with Gasteiger partial charge in [0.15, 0.2) is 0 Å². The summed E-state index contributed by atoms with van der Waals surface area (Å²) in [5, 5.41) is 2.13. The molecule has 0 bridgehead atoms. The summed E-state index contributed by atoms with van der Waals surface area (Å²) < 4.78 is 1.14. The molecule has 0 spiro atoms. The number of hydrogen-bond acceptors (Lipinski definition) is 2. The number of carbonyl (C=O) groups is 1. The number of nitrogens with zero attached hydrogens (tertiary/aromatic N) is 1. The Morgan fingerprint density at radius 2 is 2.05 bits per heavy atom. The van der Waals surface area contributed by atoms with Crippen molar-refractivity contribution in [3.8, 4) is 0 Å². The Kier molecular flexibility index (Phi) is 5.05. The number of thiophene rings is 1. The van der Waals surface area contributed by atoms with E-state index in [-0.39, 0.29) is 5.92 Å². The number of rotatable bonds is 3. The zero-order chi connectivity index (χ0) is 14.8. The summed E-state index contributed by atoms with van der Waals surface area (Å²) in [6, 6.07) is 2.12. The molecule has 1 heterocycles. The van der Waals surface area contributed by atoms with Crippen molar-refractivity contribution >= 4 is 33.2 Å². The van der Waals surface area contributed by atoms with Crippen molar-refractivity contribution in [2.45, 2.75) is 51.5 Å². The molecule has 116 valence electrons. The van der Waals surface area contributed by atoms with Gasteiger partial charge in [0.2, 0.25) is 5.91 Å². The molecule has 2 aliphatic carbocycles. The van der Waals surface area contributed by atoms with Crippen molar-refractivity contribution in [1.29, 1.82) is 0 Å². The molecular formula is C17H24BrNOS. The average Bonchev–Trinajstić information content (AvgIpc) is 2.91. The highest BCUT2D eigenvalue weighted by atomic mass is 79.9. The normalized spacial score (nSPS) is 29.0. The monoisotopic (exact) mass is 369 g/mol. The topological polar surface area (TPSA) is 20.3 Å². The van der Waals surface area contributed by atoms with Crippen LogP contribution in [0, 0.1) is 17.8 Å². The lowest BCUT2D eigenvalue weighted by Gasteiger charge is -2.39. The van der Waals surface area contributed by atoms with Crippen LogP contribution in [0.3, 0.4) is 0 Å². The molecule has 1 amide bonds. The van der Waals surface area contributed by atoms with E-state index in [9.17, 15) is 4.79 Å². The summed E-state index contributed by atoms with van der Waals surface area (Å²) in [6.45, 7) is 0.742. The zero-order valence-corrected chi connectivity index (χ0v) is 15.1. The van der Waals surface area contributed by atoms with Gasteiger partial charge in [-0.3, -0.25) is 4.79 Å². The summed E-state index contributed by atoms with van der Waals surface area (Å²) in [5.41, 5.74) is 1.23. The molecule has 0 N–H and O–H groups in total. The second kappa shape index (κ2) is 6.82. The van der Waals surface area contributed by atoms with Crippen LogP contribution in [0.1, 0.15) is 50.5 Å². The predicted octanol–water partition coefficient (Wildman–Crippen LogP) is 5.08. The van der Waals surface area contributed by atoms with Crippen molar-refractivity contribution in [2.24, 2.45) is 17.8 Å². The van der Waals surface area contributed by atoms with Crippen molar-refractivity contribution in [3.63, 3.8) is 0 Å². The van der Waals surface area contributed by atoms with Crippen molar-refractivity contribution < 1.29 is 4.79 Å². The van der Waals surface area contributed by atoms with E-state index in [1.807, 2.05) is 11.9 Å². The van der Waals surface area contributed by atoms with Gasteiger partial charge in [0.05, 0.1) is 3.79 Å². The molecule has 0 radical (unpaired) electrons. The molecule has 3 atom stereocenters. The summed E-state index contributed by atoms with van der Waals surface area (Å²) in [6.07, 6.45) is 9.07. The van der Waals surface area contributed by atoms with Gasteiger partial charge in [-0.15, -0.1) is 11.3 Å². The zero-order valence-electron chi connectivity index (χ0n) is 12.7. The fourth-order valence-corrected chi connectivity index (χ4v) is 5.39. The third kappa shape index (κ3) is 3.70. The number of hydrogen-bond donors (Lipinski definition) is 0. The second-order valence-corrected chi connectivity index (χ2v) is 9.06. The Balaban J connectivity index is 1.57. The van der Waals surface area contributed by atoms with Crippen molar-refractivity contribution in [3.05, 3.63) is 20.8 Å². The van der Waals surface area contributed by atoms with Gasteiger partial charge in [0.25, 0.3) is 0 Å². The number of fused-ring (bicyclic) bond motifs is 1. The molecule has 2 nitrogen and oxygen atoms in total. The second-order valence-electron chi connectivity index (χ2n) is 6.77. The molecule has 0 saturated heterocycles. The van der Waals surface area contributed by atoms with E-state index >= 15 is 0 Å². The van der Waals surface area contributed by atoms with Gasteiger partial charge in [-0.2, -0.15) is 0 Å². The summed E-state index contributed by atoms with van der Waals surface area (Å²) in [7, 11) is 1.96. The predicted molar refractivity (Wildman–Crippen MR) is 91.3 cm³/mol. The first kappa shape index (κ1) is 15.5. The van der Waals surface area contributed by atoms with Crippen LogP contribution in [0.15, 0.2) is 15.2 Å². The van der Waals surface area contributed by atoms with Gasteiger partial charge in [-0.1, -0.05) is 25.7 Å². The molecule has 1 aromatic heterocycles. The molecule has 1 aromatic rings. The fraction of sp³-hybridized carbons (Fsp3) is 0.706. The minimum absolute atomic E-state index is 0.274. The maximum absolute atomic E-state index is 12.7. The molecule has 0 aromatic carbocycles. The van der Waals surface area contributed by atoms with Crippen LogP contribution in [0.2, 0.25) is 0 Å². The Morgan fingerprint density at radius 1 is 1.29 bits per heavy atom. The largest absolute Gasteiger partial charge is 0.341 e. The SMILES string of the molecule is CN(Cc1csc(Br)c1)C(=O)C1CCC2CCCCC2C1. The van der Waals surface area contributed by atoms with E-state index in [0.29, 0.717) is 5.91 Å². The highest BCUT2D eigenvalue weighted by Crippen LogP contribution is 2.43. The maximum atomic E-state index is 12.7. The lowest BCUT2D eigenvalue weighted by molar-refractivity contribution is -0.137. The van der Waals surface area contributed by atoms with Gasteiger partial charge in [-0.05, 0) is 64.0 Å². The molecule has 2 fully saturated rings. The molecule has 3 unspecified atom stereocenters. The van der Waals surface area contributed by atoms with E-state index < -0.39 is 0 Å². The third-order valence-electron chi connectivity index (χ3n) is 5.31. The van der Waals surface area contributed by atoms with E-state index in [4.69, 9.17) is 0 Å². The summed E-state index contributed by atoms with van der Waals surface area (Å²) >= 11 is 5.18. The van der Waals surface area contributed by atoms with Crippen molar-refractivity contribution in [2.75, 3.05) is 7.05 Å². The minimum atomic E-state index is 0.274. The van der Waals surface area contributed by atoms with Gasteiger partial charge in [0.1, 0.15) is 0 Å². The smallest absolute Gasteiger partial charge is 0.225 e. The number of amides is 1. The van der Waals surface area contributed by atoms with Gasteiger partial charge in [0, 0.05) is 19.5 Å². The molecule has 2 aliphatic rings. The fourth-order valence-electron chi connectivity index (χ4n) is 4.19. The van der Waals surface area contributed by atoms with Gasteiger partial charge in [-0.25, -0.2) is 0 Å².